The van der Waals surface area contributed by atoms with Gasteiger partial charge in [0.25, 0.3) is 0 Å². The van der Waals surface area contributed by atoms with Gasteiger partial charge in [-0.25, -0.2) is 4.98 Å². The van der Waals surface area contributed by atoms with Gasteiger partial charge < -0.3 is 9.30 Å². The SMILES string of the molecule is CC.Cc1nccn1CC(=O)OC(C)(C)C. The molecule has 0 N–H and O–H groups in total. The van der Waals surface area contributed by atoms with E-state index >= 15 is 0 Å². The molecular formula is C12H22N2O2. The Labute approximate surface area is 97.6 Å². The number of nitrogens with zero attached hydrogens (tertiary/aromatic N) is 2. The molecule has 0 aliphatic rings. The van der Waals surface area contributed by atoms with Gasteiger partial charge in [0.15, 0.2) is 0 Å². The molecule has 0 aromatic carbocycles. The molecule has 0 aliphatic carbocycles. The van der Waals surface area contributed by atoms with Crippen molar-refractivity contribution in [3.05, 3.63) is 18.2 Å². The van der Waals surface area contributed by atoms with Gasteiger partial charge >= 0.3 is 5.97 Å². The van der Waals surface area contributed by atoms with E-state index in [9.17, 15) is 4.79 Å². The summed E-state index contributed by atoms with van der Waals surface area (Å²) in [6, 6.07) is 0. The Bertz CT molecular complexity index is 324. The Morgan fingerprint density at radius 1 is 1.44 bits per heavy atom. The van der Waals surface area contributed by atoms with E-state index in [1.165, 1.54) is 0 Å². The van der Waals surface area contributed by atoms with Crippen molar-refractivity contribution in [1.82, 2.24) is 9.55 Å². The number of esters is 1. The molecule has 0 saturated carbocycles. The van der Waals surface area contributed by atoms with Crippen LogP contribution >= 0.6 is 0 Å². The third kappa shape index (κ3) is 5.53. The molecule has 0 atom stereocenters. The first-order valence-electron chi connectivity index (χ1n) is 5.58. The van der Waals surface area contributed by atoms with E-state index in [4.69, 9.17) is 4.74 Å². The van der Waals surface area contributed by atoms with Crippen molar-refractivity contribution < 1.29 is 9.53 Å². The van der Waals surface area contributed by atoms with Crippen LogP contribution in [0.4, 0.5) is 0 Å². The number of imidazole rings is 1. The summed E-state index contributed by atoms with van der Waals surface area (Å²) in [7, 11) is 0. The van der Waals surface area contributed by atoms with Crippen molar-refractivity contribution in [3.63, 3.8) is 0 Å². The lowest BCUT2D eigenvalue weighted by Gasteiger charge is -2.19. The van der Waals surface area contributed by atoms with Gasteiger partial charge in [-0.3, -0.25) is 4.79 Å². The van der Waals surface area contributed by atoms with Crippen LogP contribution in [0.25, 0.3) is 0 Å². The standard InChI is InChI=1S/C10H16N2O2.C2H6/c1-8-11-5-6-12(8)7-9(13)14-10(2,3)4;1-2/h5-6H,7H2,1-4H3;1-2H3. The zero-order chi connectivity index (χ0) is 12.8. The molecule has 1 aromatic rings. The molecule has 0 amide bonds. The molecule has 0 aliphatic heterocycles. The van der Waals surface area contributed by atoms with Gasteiger partial charge in [0.2, 0.25) is 0 Å². The molecule has 1 rings (SSSR count). The van der Waals surface area contributed by atoms with Crippen molar-refractivity contribution in [2.75, 3.05) is 0 Å². The average molecular weight is 226 g/mol. The van der Waals surface area contributed by atoms with Crippen LogP contribution in [0.3, 0.4) is 0 Å². The van der Waals surface area contributed by atoms with Crippen molar-refractivity contribution in [2.45, 2.75) is 53.7 Å². The maximum Gasteiger partial charge on any atom is 0.326 e. The quantitative estimate of drug-likeness (QED) is 0.728. The minimum atomic E-state index is -0.425. The minimum absolute atomic E-state index is 0.225. The molecule has 0 fully saturated rings. The van der Waals surface area contributed by atoms with Crippen LogP contribution in [-0.2, 0) is 16.1 Å². The van der Waals surface area contributed by atoms with Crippen LogP contribution in [-0.4, -0.2) is 21.1 Å². The smallest absolute Gasteiger partial charge is 0.326 e. The molecule has 0 bridgehead atoms. The first-order chi connectivity index (χ1) is 7.38. The van der Waals surface area contributed by atoms with Crippen molar-refractivity contribution >= 4 is 5.97 Å². The summed E-state index contributed by atoms with van der Waals surface area (Å²) >= 11 is 0. The first-order valence-corrected chi connectivity index (χ1v) is 5.58. The fourth-order valence-electron chi connectivity index (χ4n) is 1.08. The highest BCUT2D eigenvalue weighted by atomic mass is 16.6. The van der Waals surface area contributed by atoms with E-state index in [1.54, 1.807) is 17.0 Å². The van der Waals surface area contributed by atoms with Gasteiger partial charge in [-0.05, 0) is 27.7 Å². The highest BCUT2D eigenvalue weighted by molar-refractivity contribution is 5.69. The summed E-state index contributed by atoms with van der Waals surface area (Å²) in [5.74, 6) is 0.578. The Morgan fingerprint density at radius 3 is 2.38 bits per heavy atom. The largest absolute Gasteiger partial charge is 0.459 e. The predicted molar refractivity (Wildman–Crippen MR) is 64.2 cm³/mol. The Hall–Kier alpha value is -1.32. The van der Waals surface area contributed by atoms with E-state index in [1.807, 2.05) is 41.5 Å². The summed E-state index contributed by atoms with van der Waals surface area (Å²) in [5.41, 5.74) is -0.425. The van der Waals surface area contributed by atoms with E-state index in [2.05, 4.69) is 4.98 Å². The van der Waals surface area contributed by atoms with Gasteiger partial charge in [0, 0.05) is 12.4 Å². The number of carbonyl (C=O) groups excluding carboxylic acids is 1. The highest BCUT2D eigenvalue weighted by Gasteiger charge is 2.16. The molecule has 0 spiro atoms. The summed E-state index contributed by atoms with van der Waals surface area (Å²) in [5, 5.41) is 0. The van der Waals surface area contributed by atoms with E-state index in [-0.39, 0.29) is 12.5 Å². The molecule has 16 heavy (non-hydrogen) atoms. The maximum atomic E-state index is 11.4. The lowest BCUT2D eigenvalue weighted by atomic mass is 10.2. The average Bonchev–Trinajstić information content (AvgIpc) is 2.52. The second kappa shape index (κ2) is 6.30. The number of rotatable bonds is 2. The van der Waals surface area contributed by atoms with Crippen LogP contribution < -0.4 is 0 Å². The molecular weight excluding hydrogens is 204 g/mol. The minimum Gasteiger partial charge on any atom is -0.459 e. The van der Waals surface area contributed by atoms with Gasteiger partial charge in [0.1, 0.15) is 18.0 Å². The molecule has 0 unspecified atom stereocenters. The fraction of sp³-hybridized carbons (Fsp3) is 0.667. The van der Waals surface area contributed by atoms with Crippen molar-refractivity contribution in [2.24, 2.45) is 0 Å². The second-order valence-electron chi connectivity index (χ2n) is 4.19. The Morgan fingerprint density at radius 2 is 2.00 bits per heavy atom. The maximum absolute atomic E-state index is 11.4. The number of aryl methyl sites for hydroxylation is 1. The lowest BCUT2D eigenvalue weighted by molar-refractivity contribution is -0.155. The fourth-order valence-corrected chi connectivity index (χ4v) is 1.08. The number of ether oxygens (including phenoxy) is 1. The zero-order valence-electron chi connectivity index (χ0n) is 11.1. The van der Waals surface area contributed by atoms with Crippen LogP contribution in [0.5, 0.6) is 0 Å². The third-order valence-corrected chi connectivity index (χ3v) is 1.64. The van der Waals surface area contributed by atoms with Crippen LogP contribution in [0.2, 0.25) is 0 Å². The second-order valence-corrected chi connectivity index (χ2v) is 4.19. The molecule has 4 heteroatoms. The van der Waals surface area contributed by atoms with E-state index in [0.29, 0.717) is 0 Å². The number of carbonyl (C=O) groups is 1. The monoisotopic (exact) mass is 226 g/mol. The van der Waals surface area contributed by atoms with E-state index in [0.717, 1.165) is 5.82 Å². The van der Waals surface area contributed by atoms with Gasteiger partial charge in [-0.1, -0.05) is 13.8 Å². The van der Waals surface area contributed by atoms with Crippen molar-refractivity contribution in [1.29, 1.82) is 0 Å². The number of hydrogen-bond acceptors (Lipinski definition) is 3. The molecule has 1 aromatic heterocycles. The highest BCUT2D eigenvalue weighted by Crippen LogP contribution is 2.08. The van der Waals surface area contributed by atoms with Crippen LogP contribution in [0.15, 0.2) is 12.4 Å². The molecule has 92 valence electrons. The predicted octanol–water partition coefficient (Wildman–Crippen LogP) is 2.56. The zero-order valence-corrected chi connectivity index (χ0v) is 11.1. The molecule has 1 heterocycles. The first kappa shape index (κ1) is 14.7. The van der Waals surface area contributed by atoms with E-state index < -0.39 is 5.60 Å². The molecule has 4 nitrogen and oxygen atoms in total. The lowest BCUT2D eigenvalue weighted by Crippen LogP contribution is -2.26. The summed E-state index contributed by atoms with van der Waals surface area (Å²) < 4.78 is 6.94. The van der Waals surface area contributed by atoms with Crippen molar-refractivity contribution in [3.8, 4) is 0 Å². The third-order valence-electron chi connectivity index (χ3n) is 1.64. The number of hydrogen-bond donors (Lipinski definition) is 0. The topological polar surface area (TPSA) is 44.1 Å². The van der Waals surface area contributed by atoms with Gasteiger partial charge in [-0.15, -0.1) is 0 Å². The Balaban J connectivity index is 0.00000106. The normalized spacial score (nSPS) is 10.4. The van der Waals surface area contributed by atoms with Gasteiger partial charge in [-0.2, -0.15) is 0 Å². The molecule has 0 radical (unpaired) electrons. The summed E-state index contributed by atoms with van der Waals surface area (Å²) in [4.78, 5) is 15.4. The van der Waals surface area contributed by atoms with Gasteiger partial charge in [0.05, 0.1) is 0 Å². The van der Waals surface area contributed by atoms with Crippen LogP contribution in [0.1, 0.15) is 40.4 Å². The summed E-state index contributed by atoms with van der Waals surface area (Å²) in [6.45, 7) is 11.6. The molecule has 0 saturated heterocycles. The Kier molecular flexibility index (Phi) is 5.78. The van der Waals surface area contributed by atoms with Crippen LogP contribution in [0, 0.1) is 6.92 Å². The number of aromatic nitrogens is 2. The summed E-state index contributed by atoms with van der Waals surface area (Å²) in [6.07, 6.45) is 3.43.